The van der Waals surface area contributed by atoms with Crippen LogP contribution in [0.4, 0.5) is 22.0 Å². The van der Waals surface area contributed by atoms with Crippen LogP contribution >= 0.6 is 11.3 Å². The summed E-state index contributed by atoms with van der Waals surface area (Å²) in [5, 5.41) is 3.56. The quantitative estimate of drug-likeness (QED) is 0.298. The molecule has 2 aromatic rings. The third kappa shape index (κ3) is 7.06. The van der Waals surface area contributed by atoms with Crippen LogP contribution in [0.25, 0.3) is 10.4 Å². The molecule has 11 heteroatoms. The van der Waals surface area contributed by atoms with E-state index >= 15 is 0 Å². The summed E-state index contributed by atoms with van der Waals surface area (Å²) in [6.07, 6.45) is -1.88. The summed E-state index contributed by atoms with van der Waals surface area (Å²) in [7, 11) is 0. The van der Waals surface area contributed by atoms with Gasteiger partial charge in [-0.05, 0) is 45.3 Å². The second kappa shape index (κ2) is 11.8. The molecule has 38 heavy (non-hydrogen) atoms. The highest BCUT2D eigenvalue weighted by atomic mass is 32.1. The summed E-state index contributed by atoms with van der Waals surface area (Å²) in [6, 6.07) is 6.87. The summed E-state index contributed by atoms with van der Waals surface area (Å²) >= 11 is 1.32. The lowest BCUT2D eigenvalue weighted by atomic mass is 9.88. The molecule has 1 saturated heterocycles. The number of hydrogen-bond acceptors (Lipinski definition) is 5. The largest absolute Gasteiger partial charge is 0.417 e. The number of carbonyl (C=O) groups is 1. The highest BCUT2D eigenvalue weighted by Crippen LogP contribution is 2.37. The van der Waals surface area contributed by atoms with Gasteiger partial charge in [0.05, 0.1) is 28.0 Å². The van der Waals surface area contributed by atoms with Crippen molar-refractivity contribution in [1.82, 2.24) is 15.2 Å². The Kier molecular flexibility index (Phi) is 9.12. The van der Waals surface area contributed by atoms with Crippen molar-refractivity contribution in [3.8, 4) is 10.4 Å². The number of halogens is 5. The third-order valence-corrected chi connectivity index (χ3v) is 7.36. The highest BCUT2D eigenvalue weighted by Gasteiger charge is 2.46. The number of aromatic nitrogens is 1. The topological polar surface area (TPSA) is 57.6 Å². The van der Waals surface area contributed by atoms with Gasteiger partial charge < -0.3 is 10.2 Å². The second-order valence-corrected chi connectivity index (χ2v) is 10.6. The second-order valence-electron chi connectivity index (χ2n) is 9.37. The zero-order valence-corrected chi connectivity index (χ0v) is 22.7. The van der Waals surface area contributed by atoms with Gasteiger partial charge in [-0.2, -0.15) is 13.2 Å². The predicted octanol–water partition coefficient (Wildman–Crippen LogP) is 6.94. The first-order valence-electron chi connectivity index (χ1n) is 12.2. The van der Waals surface area contributed by atoms with Crippen molar-refractivity contribution < 1.29 is 26.7 Å². The van der Waals surface area contributed by atoms with Gasteiger partial charge in [-0.1, -0.05) is 42.8 Å². The maximum atomic E-state index is 14.7. The standard InChI is InChI=1S/C27H31F5N4OS/c1-6-20(27(30,31)32)13-33-22(7-2)34-14-21-17(4)12-26(28,29)15-36(21)25(37)23-24(38-18(5)35-23)19-10-8-16(3)9-11-19/h6-11,13,17,21,34H,12,14-15H2,1-5H3/b20-6+,22-7+,33-13-/t17-,21-/m1/s1. The number of rotatable bonds is 7. The summed E-state index contributed by atoms with van der Waals surface area (Å²) in [4.78, 5) is 23.8. The number of aryl methyl sites for hydroxylation is 2. The van der Waals surface area contributed by atoms with Gasteiger partial charge in [0, 0.05) is 19.2 Å². The lowest BCUT2D eigenvalue weighted by molar-refractivity contribution is -0.0913. The summed E-state index contributed by atoms with van der Waals surface area (Å²) in [5.74, 6) is -4.16. The number of alkyl halides is 5. The zero-order valence-electron chi connectivity index (χ0n) is 21.9. The fourth-order valence-electron chi connectivity index (χ4n) is 4.37. The number of thiazole rings is 1. The van der Waals surface area contributed by atoms with Crippen molar-refractivity contribution in [3.63, 3.8) is 0 Å². The Hall–Kier alpha value is -3.08. The molecule has 1 aromatic carbocycles. The lowest BCUT2D eigenvalue weighted by Crippen LogP contribution is -2.58. The maximum Gasteiger partial charge on any atom is 0.417 e. The summed E-state index contributed by atoms with van der Waals surface area (Å²) < 4.78 is 68.4. The Balaban J connectivity index is 1.88. The number of aliphatic imine (C=N–C) groups is 1. The minimum atomic E-state index is -4.55. The van der Waals surface area contributed by atoms with E-state index in [-0.39, 0.29) is 18.1 Å². The molecule has 0 unspecified atom stereocenters. The molecule has 206 valence electrons. The molecule has 3 rings (SSSR count). The molecule has 1 aliphatic heterocycles. The van der Waals surface area contributed by atoms with E-state index in [0.717, 1.165) is 22.1 Å². The number of carbonyl (C=O) groups excluding carboxylic acids is 1. The van der Waals surface area contributed by atoms with Crippen molar-refractivity contribution in [2.45, 2.75) is 59.2 Å². The van der Waals surface area contributed by atoms with Crippen LogP contribution in [0, 0.1) is 19.8 Å². The number of hydrogen-bond donors (Lipinski definition) is 1. The number of nitrogens with one attached hydrogen (secondary N) is 1. The Labute approximate surface area is 223 Å². The molecule has 5 nitrogen and oxygen atoms in total. The summed E-state index contributed by atoms with van der Waals surface area (Å²) in [5.41, 5.74) is 1.01. The molecule has 0 aliphatic carbocycles. The Bertz CT molecular complexity index is 1230. The number of piperidine rings is 1. The first kappa shape index (κ1) is 29.5. The van der Waals surface area contributed by atoms with E-state index in [1.165, 1.54) is 24.3 Å². The van der Waals surface area contributed by atoms with Crippen LogP contribution in [0.15, 0.2) is 52.8 Å². The van der Waals surface area contributed by atoms with Crippen LogP contribution in [-0.4, -0.2) is 53.2 Å². The molecule has 0 spiro atoms. The molecule has 1 aliphatic rings. The number of allylic oxidation sites excluding steroid dienone is 3. The van der Waals surface area contributed by atoms with Gasteiger partial charge in [0.1, 0.15) is 11.5 Å². The van der Waals surface area contributed by atoms with E-state index < -0.39 is 48.5 Å². The molecule has 1 aromatic heterocycles. The van der Waals surface area contributed by atoms with Crippen LogP contribution in [0.3, 0.4) is 0 Å². The fraction of sp³-hybridized carbons (Fsp3) is 0.444. The first-order valence-corrected chi connectivity index (χ1v) is 13.0. The monoisotopic (exact) mass is 554 g/mol. The SMILES string of the molecule is C\C=C(/N=C\C(=C/C)C(F)(F)F)NC[C@@H]1[C@H](C)CC(F)(F)CN1C(=O)c1nc(C)sc1-c1ccc(C)cc1. The minimum Gasteiger partial charge on any atom is -0.368 e. The predicted molar refractivity (Wildman–Crippen MR) is 141 cm³/mol. The van der Waals surface area contributed by atoms with Crippen LogP contribution in [0.5, 0.6) is 0 Å². The highest BCUT2D eigenvalue weighted by molar-refractivity contribution is 7.15. The molecular weight excluding hydrogens is 523 g/mol. The Morgan fingerprint density at radius 3 is 2.45 bits per heavy atom. The maximum absolute atomic E-state index is 14.7. The molecule has 0 bridgehead atoms. The molecule has 0 saturated carbocycles. The van der Waals surface area contributed by atoms with Gasteiger partial charge in [0.25, 0.3) is 11.8 Å². The van der Waals surface area contributed by atoms with Crippen LogP contribution in [0.2, 0.25) is 0 Å². The lowest BCUT2D eigenvalue weighted by Gasteiger charge is -2.43. The minimum absolute atomic E-state index is 0.0280. The van der Waals surface area contributed by atoms with Gasteiger partial charge in [0.2, 0.25) is 0 Å². The molecule has 0 radical (unpaired) electrons. The van der Waals surface area contributed by atoms with Crippen molar-refractivity contribution >= 4 is 23.5 Å². The molecule has 1 N–H and O–H groups in total. The fourth-order valence-corrected chi connectivity index (χ4v) is 5.29. The molecule has 1 fully saturated rings. The van der Waals surface area contributed by atoms with E-state index in [0.29, 0.717) is 16.1 Å². The van der Waals surface area contributed by atoms with Crippen LogP contribution in [-0.2, 0) is 0 Å². The number of amides is 1. The van der Waals surface area contributed by atoms with Gasteiger partial charge in [-0.15, -0.1) is 11.3 Å². The molecule has 2 atom stereocenters. The molecule has 2 heterocycles. The number of nitrogens with zero attached hydrogens (tertiary/aromatic N) is 3. The van der Waals surface area contributed by atoms with E-state index in [9.17, 15) is 26.7 Å². The van der Waals surface area contributed by atoms with Gasteiger partial charge in [-0.25, -0.2) is 18.8 Å². The van der Waals surface area contributed by atoms with Crippen LogP contribution < -0.4 is 5.32 Å². The average Bonchev–Trinajstić information content (AvgIpc) is 3.22. The van der Waals surface area contributed by atoms with Gasteiger partial charge in [0.15, 0.2) is 0 Å². The van der Waals surface area contributed by atoms with E-state index in [2.05, 4.69) is 15.3 Å². The smallest absolute Gasteiger partial charge is 0.368 e. The average molecular weight is 555 g/mol. The van der Waals surface area contributed by atoms with E-state index in [1.807, 2.05) is 31.2 Å². The molecular formula is C27H31F5N4OS. The number of likely N-dealkylation sites (tertiary alicyclic amines) is 1. The van der Waals surface area contributed by atoms with E-state index in [1.54, 1.807) is 20.8 Å². The van der Waals surface area contributed by atoms with Crippen molar-refractivity contribution in [3.05, 3.63) is 64.1 Å². The Morgan fingerprint density at radius 2 is 1.87 bits per heavy atom. The van der Waals surface area contributed by atoms with Gasteiger partial charge in [-0.3, -0.25) is 4.79 Å². The zero-order chi connectivity index (χ0) is 28.3. The van der Waals surface area contributed by atoms with E-state index in [4.69, 9.17) is 0 Å². The summed E-state index contributed by atoms with van der Waals surface area (Å²) in [6.45, 7) is 7.42. The van der Waals surface area contributed by atoms with Crippen molar-refractivity contribution in [2.24, 2.45) is 10.9 Å². The Morgan fingerprint density at radius 1 is 1.21 bits per heavy atom. The number of benzene rings is 1. The first-order chi connectivity index (χ1) is 17.8. The van der Waals surface area contributed by atoms with Gasteiger partial charge >= 0.3 is 6.18 Å². The third-order valence-electron chi connectivity index (χ3n) is 6.34. The van der Waals surface area contributed by atoms with Crippen molar-refractivity contribution in [2.75, 3.05) is 13.1 Å². The van der Waals surface area contributed by atoms with Crippen molar-refractivity contribution in [1.29, 1.82) is 0 Å². The molecule has 1 amide bonds. The van der Waals surface area contributed by atoms with Crippen LogP contribution in [0.1, 0.15) is 48.3 Å². The normalized spacial score (nSPS) is 20.7.